The van der Waals surface area contributed by atoms with Crippen molar-refractivity contribution in [3.05, 3.63) is 0 Å². The maximum absolute atomic E-state index is 12.4. The minimum absolute atomic E-state index is 0.381. The highest BCUT2D eigenvalue weighted by Gasteiger charge is 2.62. The summed E-state index contributed by atoms with van der Waals surface area (Å²) in [5.41, 5.74) is -4.07. The molecule has 0 saturated heterocycles. The molecule has 1 amide bonds. The van der Waals surface area contributed by atoms with Gasteiger partial charge in [0, 0.05) is 0 Å². The van der Waals surface area contributed by atoms with Gasteiger partial charge in [0.15, 0.2) is 0 Å². The van der Waals surface area contributed by atoms with Gasteiger partial charge in [-0.25, -0.2) is 4.79 Å². The third kappa shape index (κ3) is 3.24. The Morgan fingerprint density at radius 1 is 1.44 bits per heavy atom. The molecule has 16 heavy (non-hydrogen) atoms. The number of alkyl halides is 4. The van der Waals surface area contributed by atoms with Gasteiger partial charge < -0.3 is 15.2 Å². The number of rotatable bonds is 4. The van der Waals surface area contributed by atoms with Crippen LogP contribution in [0.5, 0.6) is 0 Å². The largest absolute Gasteiger partial charge is 0.462 e. The molecule has 1 atom stereocenters. The van der Waals surface area contributed by atoms with Crippen molar-refractivity contribution >= 4 is 23.5 Å². The Hall–Kier alpha value is -1.02. The van der Waals surface area contributed by atoms with E-state index in [1.54, 1.807) is 0 Å². The van der Waals surface area contributed by atoms with Crippen molar-refractivity contribution < 1.29 is 32.6 Å². The number of aliphatic hydroxyl groups is 1. The lowest BCUT2D eigenvalue weighted by molar-refractivity contribution is -0.271. The van der Waals surface area contributed by atoms with Crippen LogP contribution in [0.2, 0.25) is 0 Å². The predicted octanol–water partition coefficient (Wildman–Crippen LogP) is 0.155. The average molecular weight is 264 g/mol. The highest BCUT2D eigenvalue weighted by molar-refractivity contribution is 6.27. The minimum Gasteiger partial charge on any atom is -0.462 e. The molecular formula is C7H9ClF3NO4. The quantitative estimate of drug-likeness (QED) is 0.430. The zero-order valence-electron chi connectivity index (χ0n) is 8.10. The van der Waals surface area contributed by atoms with E-state index in [1.165, 1.54) is 6.92 Å². The zero-order chi connectivity index (χ0) is 13.0. The lowest BCUT2D eigenvalue weighted by Gasteiger charge is -2.28. The van der Waals surface area contributed by atoms with E-state index in [9.17, 15) is 22.8 Å². The van der Waals surface area contributed by atoms with E-state index in [-0.39, 0.29) is 6.61 Å². The first kappa shape index (κ1) is 15.0. The molecule has 94 valence electrons. The van der Waals surface area contributed by atoms with E-state index in [2.05, 4.69) is 4.74 Å². The summed E-state index contributed by atoms with van der Waals surface area (Å²) >= 11 is 4.95. The fourth-order valence-corrected chi connectivity index (χ4v) is 0.775. The maximum Gasteiger partial charge on any atom is 0.448 e. The summed E-state index contributed by atoms with van der Waals surface area (Å²) in [5, 5.41) is 10.1. The van der Waals surface area contributed by atoms with Crippen LogP contribution in [0.1, 0.15) is 6.92 Å². The van der Waals surface area contributed by atoms with Gasteiger partial charge in [-0.15, -0.1) is 11.6 Å². The summed E-state index contributed by atoms with van der Waals surface area (Å²) < 4.78 is 41.1. The smallest absolute Gasteiger partial charge is 0.448 e. The number of hydrogen-bond donors (Lipinski definition) is 2. The normalized spacial score (nSPS) is 15.1. The van der Waals surface area contributed by atoms with Crippen molar-refractivity contribution in [1.29, 1.82) is 0 Å². The number of amides is 1. The second kappa shape index (κ2) is 5.35. The molecule has 0 rings (SSSR count). The second-order valence-electron chi connectivity index (χ2n) is 2.61. The van der Waals surface area contributed by atoms with Gasteiger partial charge in [-0.05, 0) is 6.92 Å². The number of ether oxygens (including phenoxy) is 1. The van der Waals surface area contributed by atoms with Crippen LogP contribution >= 0.6 is 11.6 Å². The van der Waals surface area contributed by atoms with Gasteiger partial charge in [0.1, 0.15) is 5.88 Å². The van der Waals surface area contributed by atoms with E-state index >= 15 is 0 Å². The maximum atomic E-state index is 12.4. The summed E-state index contributed by atoms with van der Waals surface area (Å²) in [6.07, 6.45) is -5.40. The monoisotopic (exact) mass is 263 g/mol. The highest BCUT2D eigenvalue weighted by atomic mass is 35.5. The molecule has 2 N–H and O–H groups in total. The molecule has 0 fully saturated rings. The molecule has 0 saturated carbocycles. The number of halogens is 4. The van der Waals surface area contributed by atoms with Crippen molar-refractivity contribution in [3.63, 3.8) is 0 Å². The Morgan fingerprint density at radius 3 is 2.25 bits per heavy atom. The fourth-order valence-electron chi connectivity index (χ4n) is 0.708. The Morgan fingerprint density at radius 2 is 1.94 bits per heavy atom. The molecule has 5 nitrogen and oxygen atoms in total. The molecule has 0 heterocycles. The van der Waals surface area contributed by atoms with Crippen molar-refractivity contribution in [2.75, 3.05) is 12.5 Å². The van der Waals surface area contributed by atoms with E-state index < -0.39 is 29.7 Å². The molecule has 0 aliphatic heterocycles. The summed E-state index contributed by atoms with van der Waals surface area (Å²) in [5.74, 6) is -4.20. The van der Waals surface area contributed by atoms with Gasteiger partial charge >= 0.3 is 17.9 Å². The molecule has 0 aromatic carbocycles. The van der Waals surface area contributed by atoms with Gasteiger partial charge in [0.2, 0.25) is 5.91 Å². The fraction of sp³-hybridized carbons (Fsp3) is 0.714. The van der Waals surface area contributed by atoms with Gasteiger partial charge in [0.05, 0.1) is 6.61 Å². The number of hydrogen-bond acceptors (Lipinski definition) is 4. The van der Waals surface area contributed by atoms with Gasteiger partial charge in [-0.3, -0.25) is 4.79 Å². The molecule has 0 aliphatic carbocycles. The van der Waals surface area contributed by atoms with Crippen LogP contribution in [-0.2, 0) is 14.3 Å². The van der Waals surface area contributed by atoms with Crippen LogP contribution in [0, 0.1) is 0 Å². The molecule has 0 bridgehead atoms. The van der Waals surface area contributed by atoms with Crippen molar-refractivity contribution in [3.8, 4) is 0 Å². The highest BCUT2D eigenvalue weighted by Crippen LogP contribution is 2.29. The lowest BCUT2D eigenvalue weighted by Crippen LogP contribution is -2.64. The first-order valence-corrected chi connectivity index (χ1v) is 4.55. The Labute approximate surface area is 93.5 Å². The average Bonchev–Trinajstić information content (AvgIpc) is 2.16. The molecule has 0 radical (unpaired) electrons. The van der Waals surface area contributed by atoms with E-state index in [0.717, 1.165) is 5.32 Å². The Kier molecular flexibility index (Phi) is 5.01. The lowest BCUT2D eigenvalue weighted by atomic mass is 10.2. The van der Waals surface area contributed by atoms with Crippen LogP contribution < -0.4 is 5.32 Å². The molecule has 0 aromatic rings. The van der Waals surface area contributed by atoms with Crippen LogP contribution in [-0.4, -0.2) is 41.4 Å². The number of carbonyl (C=O) groups is 2. The topological polar surface area (TPSA) is 75.6 Å². The molecular weight excluding hydrogens is 255 g/mol. The number of carbonyl (C=O) groups excluding carboxylic acids is 2. The third-order valence-corrected chi connectivity index (χ3v) is 1.67. The van der Waals surface area contributed by atoms with E-state index in [0.29, 0.717) is 0 Å². The van der Waals surface area contributed by atoms with Gasteiger partial charge in [-0.2, -0.15) is 13.2 Å². The molecule has 0 unspecified atom stereocenters. The number of nitrogens with one attached hydrogen (secondary N) is 1. The first-order valence-electron chi connectivity index (χ1n) is 4.02. The van der Waals surface area contributed by atoms with Crippen molar-refractivity contribution in [2.45, 2.75) is 18.8 Å². The van der Waals surface area contributed by atoms with Gasteiger partial charge in [0.25, 0.3) is 0 Å². The van der Waals surface area contributed by atoms with E-state index in [1.807, 2.05) is 0 Å². The Bertz CT molecular complexity index is 283. The molecule has 0 aromatic heterocycles. The molecule has 0 spiro atoms. The van der Waals surface area contributed by atoms with Crippen molar-refractivity contribution in [1.82, 2.24) is 5.32 Å². The first-order chi connectivity index (χ1) is 7.19. The molecule has 9 heteroatoms. The van der Waals surface area contributed by atoms with E-state index in [4.69, 9.17) is 16.7 Å². The summed E-state index contributed by atoms with van der Waals surface area (Å²) in [6.45, 7) is 0.867. The van der Waals surface area contributed by atoms with Crippen molar-refractivity contribution in [2.24, 2.45) is 0 Å². The van der Waals surface area contributed by atoms with Crippen LogP contribution in [0.3, 0.4) is 0 Å². The van der Waals surface area contributed by atoms with Crippen LogP contribution in [0.25, 0.3) is 0 Å². The standard InChI is InChI=1S/C7H9ClF3NO4/c1-2-16-5(14)6(15,7(9,10)11)12-4(13)3-8/h15H,2-3H2,1H3,(H,12,13)/t6-/m1/s1. The summed E-state index contributed by atoms with van der Waals surface area (Å²) in [6, 6.07) is 0. The second-order valence-corrected chi connectivity index (χ2v) is 2.88. The van der Waals surface area contributed by atoms with Gasteiger partial charge in [-0.1, -0.05) is 0 Å². The molecule has 0 aliphatic rings. The summed E-state index contributed by atoms with van der Waals surface area (Å²) in [4.78, 5) is 21.6. The van der Waals surface area contributed by atoms with Crippen LogP contribution in [0.15, 0.2) is 0 Å². The Balaban J connectivity index is 5.04. The summed E-state index contributed by atoms with van der Waals surface area (Å²) in [7, 11) is 0. The van der Waals surface area contributed by atoms with Crippen LogP contribution in [0.4, 0.5) is 13.2 Å². The minimum atomic E-state index is -5.40. The predicted molar refractivity (Wildman–Crippen MR) is 46.5 cm³/mol. The number of esters is 1. The SMILES string of the molecule is CCOC(=O)[C@](O)(NC(=O)CCl)C(F)(F)F. The zero-order valence-corrected chi connectivity index (χ0v) is 8.85. The third-order valence-electron chi connectivity index (χ3n) is 1.42.